The van der Waals surface area contributed by atoms with Gasteiger partial charge in [-0.2, -0.15) is 0 Å². The Morgan fingerprint density at radius 1 is 0.850 bits per heavy atom. The van der Waals surface area contributed by atoms with Gasteiger partial charge >= 0.3 is 0 Å². The van der Waals surface area contributed by atoms with Gasteiger partial charge in [-0.25, -0.2) is 0 Å². The third kappa shape index (κ3) is 4.31. The lowest BCUT2D eigenvalue weighted by Gasteiger charge is -2.02. The minimum atomic E-state index is 0.188. The first-order valence-electron chi connectivity index (χ1n) is 5.71. The molecule has 6 N–H and O–H groups in total. The lowest BCUT2D eigenvalue weighted by molar-refractivity contribution is 0.470. The molecule has 2 aromatic rings. The van der Waals surface area contributed by atoms with Crippen LogP contribution in [0.4, 0.5) is 11.4 Å². The summed E-state index contributed by atoms with van der Waals surface area (Å²) in [6, 6.07) is 6.52. The molecular weight excluding hydrogens is 388 g/mol. The highest BCUT2D eigenvalue weighted by Crippen LogP contribution is 2.31. The molecule has 108 valence electrons. The summed E-state index contributed by atoms with van der Waals surface area (Å²) < 4.78 is 1.39. The Bertz CT molecular complexity index is 558. The van der Waals surface area contributed by atoms with E-state index in [9.17, 15) is 0 Å². The summed E-state index contributed by atoms with van der Waals surface area (Å²) in [6.45, 7) is 3.69. The molecule has 6 heteroatoms. The highest BCUT2D eigenvalue weighted by molar-refractivity contribution is 9.11. The van der Waals surface area contributed by atoms with Crippen LogP contribution in [0.3, 0.4) is 0 Å². The number of aromatic hydroxyl groups is 2. The molecule has 0 aliphatic rings. The zero-order valence-corrected chi connectivity index (χ0v) is 14.3. The number of anilines is 2. The first kappa shape index (κ1) is 16.7. The Kier molecular flexibility index (Phi) is 5.71. The fraction of sp³-hybridized carbons (Fsp3) is 0.143. The summed E-state index contributed by atoms with van der Waals surface area (Å²) in [7, 11) is 0. The summed E-state index contributed by atoms with van der Waals surface area (Å²) in [4.78, 5) is 0. The van der Waals surface area contributed by atoms with Gasteiger partial charge in [0.1, 0.15) is 11.5 Å². The molecule has 0 heterocycles. The van der Waals surface area contributed by atoms with Crippen molar-refractivity contribution in [3.63, 3.8) is 0 Å². The summed E-state index contributed by atoms with van der Waals surface area (Å²) >= 11 is 6.36. The predicted molar refractivity (Wildman–Crippen MR) is 89.9 cm³/mol. The van der Waals surface area contributed by atoms with E-state index in [0.717, 1.165) is 16.8 Å². The molecule has 0 saturated carbocycles. The maximum atomic E-state index is 9.17. The van der Waals surface area contributed by atoms with Gasteiger partial charge in [-0.3, -0.25) is 0 Å². The molecule has 0 atom stereocenters. The monoisotopic (exact) mass is 402 g/mol. The Morgan fingerprint density at radius 3 is 1.80 bits per heavy atom. The lowest BCUT2D eigenvalue weighted by Crippen LogP contribution is -1.89. The van der Waals surface area contributed by atoms with Crippen LogP contribution in [0, 0.1) is 13.8 Å². The van der Waals surface area contributed by atoms with Crippen LogP contribution in [0.25, 0.3) is 0 Å². The summed E-state index contributed by atoms with van der Waals surface area (Å²) in [5.41, 5.74) is 14.2. The normalized spacial score (nSPS) is 9.80. The molecule has 0 aliphatic carbocycles. The Morgan fingerprint density at radius 2 is 1.35 bits per heavy atom. The number of phenols is 2. The van der Waals surface area contributed by atoms with Gasteiger partial charge in [0.2, 0.25) is 0 Å². The van der Waals surface area contributed by atoms with E-state index in [1.54, 1.807) is 24.3 Å². The van der Waals surface area contributed by atoms with Gasteiger partial charge < -0.3 is 21.7 Å². The van der Waals surface area contributed by atoms with E-state index >= 15 is 0 Å². The largest absolute Gasteiger partial charge is 0.508 e. The summed E-state index contributed by atoms with van der Waals surface area (Å²) in [6.07, 6.45) is 0. The molecule has 0 saturated heterocycles. The van der Waals surface area contributed by atoms with Gasteiger partial charge in [-0.1, -0.05) is 0 Å². The number of phenolic OH excluding ortho intramolecular Hbond substituents is 2. The van der Waals surface area contributed by atoms with E-state index in [2.05, 4.69) is 31.9 Å². The van der Waals surface area contributed by atoms with E-state index in [1.165, 1.54) is 0 Å². The van der Waals surface area contributed by atoms with Gasteiger partial charge in [0.05, 0.1) is 5.69 Å². The molecule has 0 aliphatic heterocycles. The second kappa shape index (κ2) is 6.85. The van der Waals surface area contributed by atoms with Crippen LogP contribution in [0.5, 0.6) is 11.5 Å². The molecule has 0 bridgehead atoms. The van der Waals surface area contributed by atoms with Crippen molar-refractivity contribution in [2.75, 3.05) is 11.5 Å². The van der Waals surface area contributed by atoms with Crippen LogP contribution in [-0.4, -0.2) is 10.2 Å². The maximum Gasteiger partial charge on any atom is 0.118 e. The van der Waals surface area contributed by atoms with Crippen molar-refractivity contribution < 1.29 is 10.2 Å². The van der Waals surface area contributed by atoms with Crippen molar-refractivity contribution in [3.05, 3.63) is 44.3 Å². The number of hydrogen-bond acceptors (Lipinski definition) is 4. The number of hydrogen-bond donors (Lipinski definition) is 4. The first-order valence-corrected chi connectivity index (χ1v) is 7.30. The van der Waals surface area contributed by atoms with Crippen LogP contribution >= 0.6 is 31.9 Å². The van der Waals surface area contributed by atoms with Gasteiger partial charge in [-0.05, 0) is 81.1 Å². The van der Waals surface area contributed by atoms with Crippen molar-refractivity contribution in [2.24, 2.45) is 0 Å². The maximum absolute atomic E-state index is 9.17. The number of nitrogen functional groups attached to an aromatic ring is 2. The standard InChI is InChI=1S/C8H11NO.C6H5Br2NO/c1-5-4-8(10)6(2)3-7(5)9;7-4-1-3(10)2-5(8)6(4)9/h3-4,10H,9H2,1-2H3;1-2,10H,9H2. The zero-order valence-electron chi connectivity index (χ0n) is 11.1. The van der Waals surface area contributed by atoms with Crippen LogP contribution in [-0.2, 0) is 0 Å². The first-order chi connectivity index (χ1) is 9.22. The topological polar surface area (TPSA) is 92.5 Å². The molecule has 0 aromatic heterocycles. The number of nitrogens with two attached hydrogens (primary N) is 2. The van der Waals surface area contributed by atoms with Crippen LogP contribution in [0.1, 0.15) is 11.1 Å². The average molecular weight is 404 g/mol. The molecular formula is C14H16Br2N2O2. The lowest BCUT2D eigenvalue weighted by atomic mass is 10.1. The van der Waals surface area contributed by atoms with E-state index in [4.69, 9.17) is 21.7 Å². The van der Waals surface area contributed by atoms with Gasteiger partial charge in [0.25, 0.3) is 0 Å². The fourth-order valence-electron chi connectivity index (χ4n) is 1.39. The summed E-state index contributed by atoms with van der Waals surface area (Å²) in [5, 5.41) is 18.2. The highest BCUT2D eigenvalue weighted by atomic mass is 79.9. The van der Waals surface area contributed by atoms with Crippen LogP contribution in [0.15, 0.2) is 33.2 Å². The van der Waals surface area contributed by atoms with Crippen molar-refractivity contribution >= 4 is 43.2 Å². The molecule has 0 radical (unpaired) electrons. The smallest absolute Gasteiger partial charge is 0.118 e. The van der Waals surface area contributed by atoms with Crippen molar-refractivity contribution in [1.29, 1.82) is 0 Å². The fourth-order valence-corrected chi connectivity index (χ4v) is 2.56. The second-order valence-corrected chi connectivity index (χ2v) is 6.03. The molecule has 20 heavy (non-hydrogen) atoms. The molecule has 0 amide bonds. The Hall–Kier alpha value is -1.40. The molecule has 0 fully saturated rings. The quantitative estimate of drug-likeness (QED) is 0.393. The van der Waals surface area contributed by atoms with Crippen molar-refractivity contribution in [1.82, 2.24) is 0 Å². The van der Waals surface area contributed by atoms with E-state index < -0.39 is 0 Å². The van der Waals surface area contributed by atoms with Crippen LogP contribution in [0.2, 0.25) is 0 Å². The minimum Gasteiger partial charge on any atom is -0.508 e. The number of benzene rings is 2. The van der Waals surface area contributed by atoms with Crippen molar-refractivity contribution in [2.45, 2.75) is 13.8 Å². The number of aryl methyl sites for hydroxylation is 2. The molecule has 0 spiro atoms. The SMILES string of the molecule is Cc1cc(O)c(C)cc1N.Nc1c(Br)cc(O)cc1Br. The van der Waals surface area contributed by atoms with Gasteiger partial charge in [-0.15, -0.1) is 0 Å². The van der Waals surface area contributed by atoms with E-state index in [-0.39, 0.29) is 5.75 Å². The third-order valence-corrected chi connectivity index (χ3v) is 3.96. The molecule has 0 unspecified atom stereocenters. The predicted octanol–water partition coefficient (Wildman–Crippen LogP) is 4.09. The Labute approximate surface area is 134 Å². The Balaban J connectivity index is 0.000000200. The molecule has 2 aromatic carbocycles. The zero-order chi connectivity index (χ0) is 15.4. The minimum absolute atomic E-state index is 0.188. The highest BCUT2D eigenvalue weighted by Gasteiger charge is 2.01. The molecule has 2 rings (SSSR count). The van der Waals surface area contributed by atoms with Crippen LogP contribution < -0.4 is 11.5 Å². The van der Waals surface area contributed by atoms with Gasteiger partial charge in [0, 0.05) is 14.6 Å². The second-order valence-electron chi connectivity index (χ2n) is 4.32. The number of halogens is 2. The van der Waals surface area contributed by atoms with Crippen molar-refractivity contribution in [3.8, 4) is 11.5 Å². The number of rotatable bonds is 0. The molecule has 4 nitrogen and oxygen atoms in total. The summed E-state index contributed by atoms with van der Waals surface area (Å²) in [5.74, 6) is 0.500. The van der Waals surface area contributed by atoms with Gasteiger partial charge in [0.15, 0.2) is 0 Å². The average Bonchev–Trinajstić information content (AvgIpc) is 2.34. The van der Waals surface area contributed by atoms with E-state index in [0.29, 0.717) is 20.4 Å². The van der Waals surface area contributed by atoms with E-state index in [1.807, 2.05) is 13.8 Å². The third-order valence-electron chi connectivity index (χ3n) is 2.65.